The van der Waals surface area contributed by atoms with Crippen molar-refractivity contribution in [2.75, 3.05) is 33.4 Å². The van der Waals surface area contributed by atoms with E-state index in [0.29, 0.717) is 55.4 Å². The van der Waals surface area contributed by atoms with Crippen LogP contribution in [0.3, 0.4) is 0 Å². The number of amides is 1. The van der Waals surface area contributed by atoms with E-state index in [1.54, 1.807) is 23.1 Å². The number of dihydropyridines is 1. The Morgan fingerprint density at radius 3 is 2.59 bits per heavy atom. The Kier molecular flexibility index (Phi) is 6.32. The molecule has 8 heteroatoms. The predicted octanol–water partition coefficient (Wildman–Crippen LogP) is 2.45. The lowest BCUT2D eigenvalue weighted by Crippen LogP contribution is -2.44. The number of esters is 1. The summed E-state index contributed by atoms with van der Waals surface area (Å²) in [6.07, 6.45) is 2.00. The number of ketones is 1. The zero-order valence-corrected chi connectivity index (χ0v) is 18.7. The molecule has 1 N–H and O–H groups in total. The second-order valence-corrected chi connectivity index (χ2v) is 8.17. The van der Waals surface area contributed by atoms with Gasteiger partial charge in [-0.05, 0) is 37.5 Å². The molecule has 0 bridgehead atoms. The topological polar surface area (TPSA) is 94.2 Å². The monoisotopic (exact) mass is 440 g/mol. The van der Waals surface area contributed by atoms with Gasteiger partial charge in [-0.15, -0.1) is 0 Å². The van der Waals surface area contributed by atoms with E-state index in [1.807, 2.05) is 6.92 Å². The molecule has 1 atom stereocenters. The molecule has 1 aromatic carbocycles. The molecule has 1 aliphatic carbocycles. The zero-order chi connectivity index (χ0) is 22.8. The third-order valence-corrected chi connectivity index (χ3v) is 6.08. The van der Waals surface area contributed by atoms with Crippen molar-refractivity contribution in [3.63, 3.8) is 0 Å². The minimum Gasteiger partial charge on any atom is -0.493 e. The Bertz CT molecular complexity index is 1020. The number of methoxy groups -OCH3 is 1. The Morgan fingerprint density at radius 2 is 1.91 bits per heavy atom. The first kappa shape index (κ1) is 22.1. The second-order valence-electron chi connectivity index (χ2n) is 8.17. The number of benzene rings is 1. The average molecular weight is 440 g/mol. The van der Waals surface area contributed by atoms with Crippen molar-refractivity contribution < 1.29 is 28.6 Å². The normalized spacial score (nSPS) is 21.2. The maximum Gasteiger partial charge on any atom is 0.308 e. The molecule has 2 aliphatic heterocycles. The fraction of sp³-hybridized carbons (Fsp3) is 0.458. The van der Waals surface area contributed by atoms with Gasteiger partial charge in [-0.2, -0.15) is 0 Å². The van der Waals surface area contributed by atoms with Crippen LogP contribution in [-0.4, -0.2) is 56.0 Å². The third kappa shape index (κ3) is 4.14. The van der Waals surface area contributed by atoms with Crippen molar-refractivity contribution in [1.29, 1.82) is 0 Å². The Balaban J connectivity index is 1.82. The lowest BCUT2D eigenvalue weighted by molar-refractivity contribution is -0.132. The Morgan fingerprint density at radius 1 is 1.16 bits per heavy atom. The van der Waals surface area contributed by atoms with E-state index >= 15 is 0 Å². The van der Waals surface area contributed by atoms with Gasteiger partial charge < -0.3 is 24.4 Å². The van der Waals surface area contributed by atoms with Crippen molar-refractivity contribution in [2.24, 2.45) is 0 Å². The highest BCUT2D eigenvalue weighted by atomic mass is 16.6. The molecule has 1 saturated heterocycles. The van der Waals surface area contributed by atoms with E-state index in [0.717, 1.165) is 29.8 Å². The fourth-order valence-corrected chi connectivity index (χ4v) is 4.64. The molecular formula is C24H28N2O6. The lowest BCUT2D eigenvalue weighted by Gasteiger charge is -2.37. The maximum absolute atomic E-state index is 13.6. The van der Waals surface area contributed by atoms with E-state index in [-0.39, 0.29) is 11.7 Å². The number of nitrogens with one attached hydrogen (secondary N) is 1. The van der Waals surface area contributed by atoms with Gasteiger partial charge in [-0.1, -0.05) is 6.07 Å². The number of allylic oxidation sites excluding steroid dienone is 3. The van der Waals surface area contributed by atoms with Gasteiger partial charge in [0.25, 0.3) is 5.91 Å². The van der Waals surface area contributed by atoms with E-state index in [2.05, 4.69) is 5.32 Å². The number of rotatable bonds is 4. The Hall–Kier alpha value is -3.13. The molecule has 0 aromatic heterocycles. The van der Waals surface area contributed by atoms with Gasteiger partial charge in [-0.3, -0.25) is 14.4 Å². The Labute approximate surface area is 187 Å². The fourth-order valence-electron chi connectivity index (χ4n) is 4.64. The van der Waals surface area contributed by atoms with Crippen molar-refractivity contribution in [2.45, 2.75) is 39.0 Å². The number of carbonyl (C=O) groups excluding carboxylic acids is 3. The van der Waals surface area contributed by atoms with Crippen LogP contribution in [0.2, 0.25) is 0 Å². The quantitative estimate of drug-likeness (QED) is 0.568. The summed E-state index contributed by atoms with van der Waals surface area (Å²) in [5.74, 6) is -0.358. The standard InChI is InChI=1S/C24H28N2O6/c1-14-21(24(29)26-9-11-31-12-10-26)22(23-17(25-14)5-4-6-18(23)28)16-7-8-19(32-15(2)27)20(13-16)30-3/h7-8,13,22,25H,4-6,9-12H2,1-3H3/t22-/m1/s1. The van der Waals surface area contributed by atoms with Crippen LogP contribution in [0.15, 0.2) is 40.7 Å². The number of carbonyl (C=O) groups is 3. The smallest absolute Gasteiger partial charge is 0.308 e. The van der Waals surface area contributed by atoms with Crippen LogP contribution in [0.25, 0.3) is 0 Å². The van der Waals surface area contributed by atoms with Gasteiger partial charge in [0.2, 0.25) is 0 Å². The summed E-state index contributed by atoms with van der Waals surface area (Å²) in [5.41, 5.74) is 3.58. The predicted molar refractivity (Wildman–Crippen MR) is 116 cm³/mol. The van der Waals surface area contributed by atoms with Crippen LogP contribution in [0.4, 0.5) is 0 Å². The first-order valence-corrected chi connectivity index (χ1v) is 10.9. The van der Waals surface area contributed by atoms with E-state index in [9.17, 15) is 14.4 Å². The number of nitrogens with zero attached hydrogens (tertiary/aromatic N) is 1. The van der Waals surface area contributed by atoms with E-state index < -0.39 is 11.9 Å². The summed E-state index contributed by atoms with van der Waals surface area (Å²) in [5, 5.41) is 3.34. The molecule has 2 heterocycles. The highest BCUT2D eigenvalue weighted by molar-refractivity contribution is 6.05. The highest BCUT2D eigenvalue weighted by Gasteiger charge is 2.40. The van der Waals surface area contributed by atoms with Gasteiger partial charge in [0.1, 0.15) is 0 Å². The van der Waals surface area contributed by atoms with Crippen molar-refractivity contribution in [1.82, 2.24) is 10.2 Å². The SMILES string of the molecule is COc1cc([C@@H]2C(C(=O)N3CCOCC3)=C(C)NC3=C2C(=O)CCC3)ccc1OC(C)=O. The first-order chi connectivity index (χ1) is 15.4. The average Bonchev–Trinajstić information content (AvgIpc) is 2.78. The minimum absolute atomic E-state index is 0.0477. The number of hydrogen-bond acceptors (Lipinski definition) is 7. The molecule has 32 heavy (non-hydrogen) atoms. The highest BCUT2D eigenvalue weighted by Crippen LogP contribution is 2.44. The van der Waals surface area contributed by atoms with Crippen LogP contribution in [0, 0.1) is 0 Å². The first-order valence-electron chi connectivity index (χ1n) is 10.9. The maximum atomic E-state index is 13.6. The van der Waals surface area contributed by atoms with Crippen molar-refractivity contribution in [3.8, 4) is 11.5 Å². The summed E-state index contributed by atoms with van der Waals surface area (Å²) in [6, 6.07) is 5.20. The molecule has 1 fully saturated rings. The minimum atomic E-state index is -0.519. The van der Waals surface area contributed by atoms with Crippen molar-refractivity contribution >= 4 is 17.7 Å². The second kappa shape index (κ2) is 9.16. The lowest BCUT2D eigenvalue weighted by atomic mass is 9.74. The molecule has 0 unspecified atom stereocenters. The van der Waals surface area contributed by atoms with Gasteiger partial charge in [0.15, 0.2) is 17.3 Å². The summed E-state index contributed by atoms with van der Waals surface area (Å²) < 4.78 is 16.1. The van der Waals surface area contributed by atoms with Crippen LogP contribution >= 0.6 is 0 Å². The molecule has 3 aliphatic rings. The van der Waals surface area contributed by atoms with Crippen LogP contribution in [0.5, 0.6) is 11.5 Å². The van der Waals surface area contributed by atoms with Gasteiger partial charge >= 0.3 is 5.97 Å². The summed E-state index contributed by atoms with van der Waals surface area (Å²) in [6.45, 7) is 5.22. The molecular weight excluding hydrogens is 412 g/mol. The number of ether oxygens (including phenoxy) is 3. The molecule has 0 saturated carbocycles. The largest absolute Gasteiger partial charge is 0.493 e. The summed E-state index contributed by atoms with van der Waals surface area (Å²) in [4.78, 5) is 39.9. The third-order valence-electron chi connectivity index (χ3n) is 6.08. The number of Topliss-reactive ketones (excluding diaryl/α,β-unsaturated/α-hetero) is 1. The van der Waals surface area contributed by atoms with Crippen LogP contribution in [0.1, 0.15) is 44.6 Å². The molecule has 8 nitrogen and oxygen atoms in total. The number of hydrogen-bond donors (Lipinski definition) is 1. The summed E-state index contributed by atoms with van der Waals surface area (Å²) in [7, 11) is 1.49. The number of morpholine rings is 1. The van der Waals surface area contributed by atoms with E-state index in [1.165, 1.54) is 14.0 Å². The summed E-state index contributed by atoms with van der Waals surface area (Å²) >= 11 is 0. The molecule has 170 valence electrons. The van der Waals surface area contributed by atoms with Crippen LogP contribution < -0.4 is 14.8 Å². The van der Waals surface area contributed by atoms with Gasteiger partial charge in [-0.25, -0.2) is 0 Å². The van der Waals surface area contributed by atoms with Crippen LogP contribution in [-0.2, 0) is 19.1 Å². The van der Waals surface area contributed by atoms with Crippen molar-refractivity contribution in [3.05, 3.63) is 46.3 Å². The molecule has 1 amide bonds. The zero-order valence-electron chi connectivity index (χ0n) is 18.7. The molecule has 4 rings (SSSR count). The van der Waals surface area contributed by atoms with Gasteiger partial charge in [0, 0.05) is 54.9 Å². The van der Waals surface area contributed by atoms with Gasteiger partial charge in [0.05, 0.1) is 20.3 Å². The van der Waals surface area contributed by atoms with E-state index in [4.69, 9.17) is 14.2 Å². The molecule has 1 aromatic rings. The molecule has 0 spiro atoms. The molecule has 0 radical (unpaired) electrons.